The van der Waals surface area contributed by atoms with Crippen molar-refractivity contribution in [2.75, 3.05) is 6.61 Å². The summed E-state index contributed by atoms with van der Waals surface area (Å²) in [5.41, 5.74) is -0.772. The third-order valence-electron chi connectivity index (χ3n) is 7.88. The Kier molecular flexibility index (Phi) is 9.92. The molecule has 1 fully saturated rings. The summed E-state index contributed by atoms with van der Waals surface area (Å²) in [4.78, 5) is 12.2. The Hall–Kier alpha value is -2.10. The van der Waals surface area contributed by atoms with Crippen LogP contribution in [0, 0.1) is 11.8 Å². The van der Waals surface area contributed by atoms with Crippen molar-refractivity contribution in [2.24, 2.45) is 11.8 Å². The van der Waals surface area contributed by atoms with Gasteiger partial charge in [0.05, 0.1) is 17.8 Å². The standard InChI is InChI=1S/C29H41F3O5Si/c1-28(2,3)38(4,5)37-22(19-35-21-12-10-11-20(17-21)29(30,31)32)15-16-23-24-13-8-6-7-9-14-27(34)36-26(24)18-25(23)33/h6,8,10-12,15-17,22-26,33H,7,9,13-14,18-19H2,1-5H3/b8-6-,16-15+/t22?,23-,24-,25-,26+/m1/s1. The van der Waals surface area contributed by atoms with Gasteiger partial charge in [0.25, 0.3) is 0 Å². The summed E-state index contributed by atoms with van der Waals surface area (Å²) in [5, 5.41) is 10.8. The second kappa shape index (κ2) is 12.4. The van der Waals surface area contributed by atoms with Gasteiger partial charge in [0.1, 0.15) is 18.5 Å². The highest BCUT2D eigenvalue weighted by Gasteiger charge is 2.43. The Labute approximate surface area is 225 Å². The fourth-order valence-electron chi connectivity index (χ4n) is 4.66. The molecule has 0 saturated heterocycles. The average Bonchev–Trinajstić information content (AvgIpc) is 3.10. The zero-order valence-corrected chi connectivity index (χ0v) is 24.0. The first-order chi connectivity index (χ1) is 17.7. The van der Waals surface area contributed by atoms with Crippen LogP contribution >= 0.6 is 0 Å². The summed E-state index contributed by atoms with van der Waals surface area (Å²) < 4.78 is 57.6. The van der Waals surface area contributed by atoms with Gasteiger partial charge in [-0.25, -0.2) is 0 Å². The van der Waals surface area contributed by atoms with Crippen molar-refractivity contribution >= 4 is 14.3 Å². The summed E-state index contributed by atoms with van der Waals surface area (Å²) >= 11 is 0. The first-order valence-electron chi connectivity index (χ1n) is 13.4. The quantitative estimate of drug-likeness (QED) is 0.222. The normalized spacial score (nSPS) is 27.0. The number of allylic oxidation sites excluding steroid dienone is 2. The predicted molar refractivity (Wildman–Crippen MR) is 143 cm³/mol. The van der Waals surface area contributed by atoms with Gasteiger partial charge in [-0.15, -0.1) is 0 Å². The zero-order valence-electron chi connectivity index (χ0n) is 23.0. The minimum atomic E-state index is -4.46. The van der Waals surface area contributed by atoms with E-state index in [0.717, 1.165) is 25.0 Å². The predicted octanol–water partition coefficient (Wildman–Crippen LogP) is 7.07. The lowest BCUT2D eigenvalue weighted by Crippen LogP contribution is -2.45. The lowest BCUT2D eigenvalue weighted by Gasteiger charge is -2.38. The topological polar surface area (TPSA) is 65.0 Å². The Morgan fingerprint density at radius 3 is 2.63 bits per heavy atom. The molecule has 1 aromatic carbocycles. The first-order valence-corrected chi connectivity index (χ1v) is 16.3. The number of ether oxygens (including phenoxy) is 2. The molecule has 5 nitrogen and oxygen atoms in total. The van der Waals surface area contributed by atoms with Gasteiger partial charge in [0.2, 0.25) is 0 Å². The van der Waals surface area contributed by atoms with E-state index in [4.69, 9.17) is 13.9 Å². The molecule has 0 amide bonds. The third kappa shape index (κ3) is 8.20. The summed E-state index contributed by atoms with van der Waals surface area (Å²) in [5.74, 6) is -0.448. The number of alkyl halides is 3. The fraction of sp³-hybridized carbons (Fsp3) is 0.621. The van der Waals surface area contributed by atoms with E-state index >= 15 is 0 Å². The molecule has 9 heteroatoms. The molecule has 0 radical (unpaired) electrons. The number of aliphatic hydroxyl groups is 1. The molecule has 2 aliphatic rings. The largest absolute Gasteiger partial charge is 0.491 e. The maximum absolute atomic E-state index is 13.2. The molecule has 1 unspecified atom stereocenters. The first kappa shape index (κ1) is 30.4. The second-order valence-electron chi connectivity index (χ2n) is 11.8. The van der Waals surface area contributed by atoms with Crippen LogP contribution in [0.2, 0.25) is 18.1 Å². The van der Waals surface area contributed by atoms with E-state index in [0.29, 0.717) is 19.3 Å². The van der Waals surface area contributed by atoms with E-state index in [1.165, 1.54) is 12.1 Å². The number of rotatable bonds is 7. The van der Waals surface area contributed by atoms with Crippen LogP contribution in [0.15, 0.2) is 48.6 Å². The average molecular weight is 555 g/mol. The Bertz CT molecular complexity index is 999. The Morgan fingerprint density at radius 2 is 1.95 bits per heavy atom. The lowest BCUT2D eigenvalue weighted by atomic mass is 9.89. The fourth-order valence-corrected chi connectivity index (χ4v) is 5.92. The van der Waals surface area contributed by atoms with E-state index in [9.17, 15) is 23.1 Å². The molecule has 0 spiro atoms. The molecule has 1 aliphatic carbocycles. The lowest BCUT2D eigenvalue weighted by molar-refractivity contribution is -0.151. The molecule has 1 aromatic rings. The second-order valence-corrected chi connectivity index (χ2v) is 16.6. The molecule has 0 aromatic heterocycles. The molecule has 1 heterocycles. The van der Waals surface area contributed by atoms with Crippen LogP contribution in [0.1, 0.15) is 58.4 Å². The molecule has 0 bridgehead atoms. The molecular weight excluding hydrogens is 513 g/mol. The van der Waals surface area contributed by atoms with Gasteiger partial charge in [0.15, 0.2) is 8.32 Å². The van der Waals surface area contributed by atoms with E-state index in [1.54, 1.807) is 0 Å². The van der Waals surface area contributed by atoms with Crippen LogP contribution in [0.4, 0.5) is 13.2 Å². The maximum atomic E-state index is 13.2. The number of hydrogen-bond acceptors (Lipinski definition) is 5. The molecule has 1 saturated carbocycles. The summed E-state index contributed by atoms with van der Waals surface area (Å²) in [7, 11) is -2.27. The highest BCUT2D eigenvalue weighted by Crippen LogP contribution is 2.40. The SMILES string of the molecule is CC(C)(C)[Si](C)(C)OC(/C=C/[C@@H]1[C@H]2C/C=C\CCCC(=O)O[C@H]2C[C@H]1O)COc1cccc(C(F)(F)F)c1. The van der Waals surface area contributed by atoms with Crippen molar-refractivity contribution in [3.63, 3.8) is 0 Å². The highest BCUT2D eigenvalue weighted by molar-refractivity contribution is 6.74. The van der Waals surface area contributed by atoms with Gasteiger partial charge < -0.3 is 19.0 Å². The number of carbonyl (C=O) groups is 1. The molecule has 38 heavy (non-hydrogen) atoms. The molecule has 1 aliphatic heterocycles. The minimum absolute atomic E-state index is 0.0239. The van der Waals surface area contributed by atoms with Crippen LogP contribution in [0.25, 0.3) is 0 Å². The Morgan fingerprint density at radius 1 is 1.21 bits per heavy atom. The van der Waals surface area contributed by atoms with Gasteiger partial charge in [-0.2, -0.15) is 13.2 Å². The minimum Gasteiger partial charge on any atom is -0.491 e. The summed E-state index contributed by atoms with van der Waals surface area (Å²) in [6.45, 7) is 10.6. The van der Waals surface area contributed by atoms with Gasteiger partial charge in [-0.1, -0.05) is 51.1 Å². The summed E-state index contributed by atoms with van der Waals surface area (Å²) in [6.07, 6.45) is 4.87. The number of aliphatic hydroxyl groups excluding tert-OH is 1. The van der Waals surface area contributed by atoms with Crippen molar-refractivity contribution in [2.45, 2.75) is 95.5 Å². The molecule has 1 N–H and O–H groups in total. The third-order valence-corrected chi connectivity index (χ3v) is 12.4. The monoisotopic (exact) mass is 554 g/mol. The van der Waals surface area contributed by atoms with Gasteiger partial charge in [-0.05, 0) is 55.6 Å². The van der Waals surface area contributed by atoms with Crippen LogP contribution in [0.5, 0.6) is 5.75 Å². The van der Waals surface area contributed by atoms with Crippen molar-refractivity contribution < 1.29 is 37.0 Å². The van der Waals surface area contributed by atoms with E-state index in [-0.39, 0.29) is 41.3 Å². The number of esters is 1. The maximum Gasteiger partial charge on any atom is 0.416 e. The van der Waals surface area contributed by atoms with Crippen LogP contribution in [-0.2, 0) is 20.1 Å². The van der Waals surface area contributed by atoms with E-state index in [2.05, 4.69) is 46.0 Å². The molecular formula is C29H41F3O5Si. The number of hydrogen-bond donors (Lipinski definition) is 1. The van der Waals surface area contributed by atoms with E-state index < -0.39 is 32.3 Å². The van der Waals surface area contributed by atoms with Crippen LogP contribution < -0.4 is 4.74 Å². The Balaban J connectivity index is 1.81. The number of benzene rings is 1. The molecule has 212 valence electrons. The van der Waals surface area contributed by atoms with Crippen LogP contribution in [-0.4, -0.2) is 44.3 Å². The van der Waals surface area contributed by atoms with Crippen molar-refractivity contribution in [3.05, 3.63) is 54.1 Å². The molecule has 3 rings (SSSR count). The number of halogens is 3. The zero-order chi connectivity index (χ0) is 28.1. The van der Waals surface area contributed by atoms with Gasteiger partial charge in [0, 0.05) is 24.7 Å². The number of fused-ring (bicyclic) bond motifs is 1. The van der Waals surface area contributed by atoms with Crippen molar-refractivity contribution in [1.82, 2.24) is 0 Å². The molecule has 5 atom stereocenters. The van der Waals surface area contributed by atoms with Crippen molar-refractivity contribution in [3.8, 4) is 5.75 Å². The highest BCUT2D eigenvalue weighted by atomic mass is 28.4. The van der Waals surface area contributed by atoms with Gasteiger partial charge >= 0.3 is 12.1 Å². The number of carbonyl (C=O) groups excluding carboxylic acids is 1. The van der Waals surface area contributed by atoms with Crippen LogP contribution in [0.3, 0.4) is 0 Å². The van der Waals surface area contributed by atoms with Crippen molar-refractivity contribution in [1.29, 1.82) is 0 Å². The van der Waals surface area contributed by atoms with Gasteiger partial charge in [-0.3, -0.25) is 4.79 Å². The smallest absolute Gasteiger partial charge is 0.416 e. The van der Waals surface area contributed by atoms with E-state index in [1.807, 2.05) is 12.2 Å². The summed E-state index contributed by atoms with van der Waals surface area (Å²) in [6, 6.07) is 4.81.